The molecule has 0 atom stereocenters. The largest absolute Gasteiger partial charge is 0.452 e. The molecule has 30 heavy (non-hydrogen) atoms. The van der Waals surface area contributed by atoms with Gasteiger partial charge in [-0.1, -0.05) is 30.3 Å². The lowest BCUT2D eigenvalue weighted by Gasteiger charge is -2.09. The number of carbonyl (C=O) groups is 3. The van der Waals surface area contributed by atoms with Crippen molar-refractivity contribution < 1.29 is 19.1 Å². The second kappa shape index (κ2) is 9.47. The van der Waals surface area contributed by atoms with Crippen molar-refractivity contribution in [2.75, 3.05) is 19.0 Å². The van der Waals surface area contributed by atoms with E-state index in [9.17, 15) is 14.4 Å². The predicted molar refractivity (Wildman–Crippen MR) is 113 cm³/mol. The van der Waals surface area contributed by atoms with Crippen molar-refractivity contribution in [3.05, 3.63) is 83.6 Å². The van der Waals surface area contributed by atoms with Gasteiger partial charge in [0.15, 0.2) is 6.61 Å². The Bertz CT molecular complexity index is 1060. The number of nitrogens with one attached hydrogen (secondary N) is 2. The van der Waals surface area contributed by atoms with Gasteiger partial charge in [0.2, 0.25) is 0 Å². The number of nitrogens with zero attached hydrogens (tertiary/aromatic N) is 1. The number of hydrogen-bond donors (Lipinski definition) is 2. The zero-order chi connectivity index (χ0) is 21.5. The fraction of sp³-hybridized carbons (Fsp3) is 0.130. The summed E-state index contributed by atoms with van der Waals surface area (Å²) < 4.78 is 5.11. The molecule has 0 radical (unpaired) electrons. The Hall–Kier alpha value is -4.00. The predicted octanol–water partition coefficient (Wildman–Crippen LogP) is 3.21. The number of carbonyl (C=O) groups excluding carboxylic acids is 3. The summed E-state index contributed by atoms with van der Waals surface area (Å²) in [5.41, 5.74) is 3.49. The van der Waals surface area contributed by atoms with Gasteiger partial charge >= 0.3 is 5.97 Å². The van der Waals surface area contributed by atoms with Crippen molar-refractivity contribution in [1.29, 1.82) is 0 Å². The quantitative estimate of drug-likeness (QED) is 0.616. The topological polar surface area (TPSA) is 97.4 Å². The average molecular weight is 403 g/mol. The van der Waals surface area contributed by atoms with Gasteiger partial charge in [-0.15, -0.1) is 0 Å². The molecule has 0 saturated heterocycles. The lowest BCUT2D eigenvalue weighted by Crippen LogP contribution is -2.21. The van der Waals surface area contributed by atoms with Gasteiger partial charge in [0, 0.05) is 23.9 Å². The van der Waals surface area contributed by atoms with Crippen molar-refractivity contribution >= 4 is 23.5 Å². The number of rotatable bonds is 6. The number of esters is 1. The SMILES string of the molecule is CNC(=O)c1ccc(NC(=O)COC(=O)c2ccc(-c3ccccc3)nc2C)cc1. The van der Waals surface area contributed by atoms with E-state index in [0.717, 1.165) is 11.3 Å². The number of benzene rings is 2. The number of pyridine rings is 1. The summed E-state index contributed by atoms with van der Waals surface area (Å²) in [7, 11) is 1.54. The van der Waals surface area contributed by atoms with E-state index in [-0.39, 0.29) is 5.91 Å². The van der Waals surface area contributed by atoms with Crippen LogP contribution in [0.4, 0.5) is 5.69 Å². The van der Waals surface area contributed by atoms with E-state index in [1.54, 1.807) is 50.4 Å². The maximum Gasteiger partial charge on any atom is 0.340 e. The van der Waals surface area contributed by atoms with Gasteiger partial charge < -0.3 is 15.4 Å². The van der Waals surface area contributed by atoms with E-state index in [4.69, 9.17) is 4.74 Å². The molecule has 0 aliphatic heterocycles. The van der Waals surface area contributed by atoms with E-state index < -0.39 is 18.5 Å². The van der Waals surface area contributed by atoms with Crippen LogP contribution >= 0.6 is 0 Å². The summed E-state index contributed by atoms with van der Waals surface area (Å²) in [6, 6.07) is 19.4. The van der Waals surface area contributed by atoms with E-state index in [2.05, 4.69) is 15.6 Å². The number of ether oxygens (including phenoxy) is 1. The number of aromatic nitrogens is 1. The summed E-state index contributed by atoms with van der Waals surface area (Å²) in [5, 5.41) is 5.13. The third-order valence-electron chi connectivity index (χ3n) is 4.37. The summed E-state index contributed by atoms with van der Waals surface area (Å²) in [6.45, 7) is 1.28. The molecule has 0 saturated carbocycles. The summed E-state index contributed by atoms with van der Waals surface area (Å²) in [4.78, 5) is 40.4. The smallest absolute Gasteiger partial charge is 0.340 e. The van der Waals surface area contributed by atoms with Crippen molar-refractivity contribution in [3.63, 3.8) is 0 Å². The Morgan fingerprint density at radius 3 is 2.27 bits per heavy atom. The number of amides is 2. The van der Waals surface area contributed by atoms with Crippen LogP contribution in [0.1, 0.15) is 26.4 Å². The molecule has 1 heterocycles. The standard InChI is InChI=1S/C23H21N3O4/c1-15-19(12-13-20(25-15)16-6-4-3-5-7-16)23(29)30-14-21(27)26-18-10-8-17(9-11-18)22(28)24-2/h3-13H,14H2,1-2H3,(H,24,28)(H,26,27). The van der Waals surface area contributed by atoms with E-state index >= 15 is 0 Å². The molecule has 0 bridgehead atoms. The van der Waals surface area contributed by atoms with Gasteiger partial charge in [0.25, 0.3) is 11.8 Å². The van der Waals surface area contributed by atoms with Crippen molar-refractivity contribution in [1.82, 2.24) is 10.3 Å². The molecule has 2 aromatic carbocycles. The van der Waals surface area contributed by atoms with Crippen LogP contribution in [-0.2, 0) is 9.53 Å². The molecular weight excluding hydrogens is 382 g/mol. The minimum Gasteiger partial charge on any atom is -0.452 e. The Kier molecular flexibility index (Phi) is 6.54. The molecule has 2 amide bonds. The first-order chi connectivity index (χ1) is 14.5. The molecule has 0 aliphatic carbocycles. The lowest BCUT2D eigenvalue weighted by molar-refractivity contribution is -0.119. The van der Waals surface area contributed by atoms with Crippen LogP contribution in [0.25, 0.3) is 11.3 Å². The Morgan fingerprint density at radius 1 is 0.933 bits per heavy atom. The van der Waals surface area contributed by atoms with E-state index in [1.165, 1.54) is 0 Å². The van der Waals surface area contributed by atoms with E-state index in [0.29, 0.717) is 22.5 Å². The summed E-state index contributed by atoms with van der Waals surface area (Å²) >= 11 is 0. The normalized spacial score (nSPS) is 10.2. The number of aryl methyl sites for hydroxylation is 1. The zero-order valence-electron chi connectivity index (χ0n) is 16.6. The van der Waals surface area contributed by atoms with Crippen LogP contribution in [0.2, 0.25) is 0 Å². The van der Waals surface area contributed by atoms with Crippen LogP contribution in [-0.4, -0.2) is 36.4 Å². The monoisotopic (exact) mass is 403 g/mol. The molecule has 7 nitrogen and oxygen atoms in total. The fourth-order valence-electron chi connectivity index (χ4n) is 2.80. The molecule has 152 valence electrons. The highest BCUT2D eigenvalue weighted by atomic mass is 16.5. The molecule has 1 aromatic heterocycles. The van der Waals surface area contributed by atoms with Gasteiger partial charge in [-0.05, 0) is 43.3 Å². The van der Waals surface area contributed by atoms with Gasteiger partial charge in [-0.3, -0.25) is 14.6 Å². The first kappa shape index (κ1) is 20.7. The Labute approximate surface area is 174 Å². The second-order valence-corrected chi connectivity index (χ2v) is 6.48. The van der Waals surface area contributed by atoms with Crippen molar-refractivity contribution in [2.45, 2.75) is 6.92 Å². The van der Waals surface area contributed by atoms with Crippen LogP contribution < -0.4 is 10.6 Å². The highest BCUT2D eigenvalue weighted by Gasteiger charge is 2.15. The second-order valence-electron chi connectivity index (χ2n) is 6.48. The zero-order valence-corrected chi connectivity index (χ0v) is 16.6. The molecule has 2 N–H and O–H groups in total. The third kappa shape index (κ3) is 5.08. The minimum absolute atomic E-state index is 0.218. The number of anilines is 1. The summed E-state index contributed by atoms with van der Waals surface area (Å²) in [6.07, 6.45) is 0. The molecule has 0 aliphatic rings. The maximum absolute atomic E-state index is 12.3. The third-order valence-corrected chi connectivity index (χ3v) is 4.37. The van der Waals surface area contributed by atoms with Crippen LogP contribution in [0.5, 0.6) is 0 Å². The average Bonchev–Trinajstić information content (AvgIpc) is 2.78. The van der Waals surface area contributed by atoms with Crippen molar-refractivity contribution in [2.24, 2.45) is 0 Å². The highest BCUT2D eigenvalue weighted by molar-refractivity contribution is 5.97. The fourth-order valence-corrected chi connectivity index (χ4v) is 2.80. The highest BCUT2D eigenvalue weighted by Crippen LogP contribution is 2.19. The van der Waals surface area contributed by atoms with Crippen LogP contribution in [0, 0.1) is 6.92 Å². The molecule has 3 rings (SSSR count). The molecule has 0 fully saturated rings. The Balaban J connectivity index is 1.57. The van der Waals surface area contributed by atoms with Crippen molar-refractivity contribution in [3.8, 4) is 11.3 Å². The first-order valence-corrected chi connectivity index (χ1v) is 9.30. The molecule has 7 heteroatoms. The van der Waals surface area contributed by atoms with E-state index in [1.807, 2.05) is 30.3 Å². The maximum atomic E-state index is 12.3. The Morgan fingerprint density at radius 2 is 1.63 bits per heavy atom. The van der Waals surface area contributed by atoms with Gasteiger partial charge in [0.1, 0.15) is 0 Å². The summed E-state index contributed by atoms with van der Waals surface area (Å²) in [5.74, 6) is -1.32. The van der Waals surface area contributed by atoms with Crippen LogP contribution in [0.3, 0.4) is 0 Å². The molecule has 0 spiro atoms. The van der Waals surface area contributed by atoms with Crippen LogP contribution in [0.15, 0.2) is 66.7 Å². The molecular formula is C23H21N3O4. The molecule has 3 aromatic rings. The molecule has 0 unspecified atom stereocenters. The minimum atomic E-state index is -0.621. The van der Waals surface area contributed by atoms with Gasteiger partial charge in [-0.25, -0.2) is 4.79 Å². The van der Waals surface area contributed by atoms with Gasteiger partial charge in [-0.2, -0.15) is 0 Å². The van der Waals surface area contributed by atoms with Gasteiger partial charge in [0.05, 0.1) is 17.0 Å². The first-order valence-electron chi connectivity index (χ1n) is 9.30. The lowest BCUT2D eigenvalue weighted by atomic mass is 10.1. The number of hydrogen-bond acceptors (Lipinski definition) is 5.